The highest BCUT2D eigenvalue weighted by atomic mass is 16.5. The molecule has 0 saturated heterocycles. The molecular formula is C12H17NO2. The van der Waals surface area contributed by atoms with E-state index in [1.807, 2.05) is 38.1 Å². The van der Waals surface area contributed by atoms with Crippen LogP contribution in [0.2, 0.25) is 0 Å². The number of rotatable bonds is 4. The molecule has 0 spiro atoms. The normalized spacial score (nSPS) is 13.7. The van der Waals surface area contributed by atoms with Crippen LogP contribution >= 0.6 is 0 Å². The summed E-state index contributed by atoms with van der Waals surface area (Å²) in [4.78, 5) is 0. The lowest BCUT2D eigenvalue weighted by Gasteiger charge is -2.11. The Kier molecular flexibility index (Phi) is 4.16. The number of hydrogen-bond acceptors (Lipinski definition) is 2. The molecule has 1 atom stereocenters. The lowest BCUT2D eigenvalue weighted by molar-refractivity contribution is -0.492. The number of benzene rings is 1. The Labute approximate surface area is 90.6 Å². The van der Waals surface area contributed by atoms with E-state index < -0.39 is 0 Å². The summed E-state index contributed by atoms with van der Waals surface area (Å²) in [5, 5.41) is 11.6. The summed E-state index contributed by atoms with van der Waals surface area (Å²) < 4.78 is 6.13. The molecule has 1 rings (SSSR count). The van der Waals surface area contributed by atoms with Crippen LogP contribution in [0.4, 0.5) is 0 Å². The molecule has 0 aromatic heterocycles. The van der Waals surface area contributed by atoms with Crippen molar-refractivity contribution in [2.24, 2.45) is 0 Å². The molecule has 0 bridgehead atoms. The van der Waals surface area contributed by atoms with Crippen molar-refractivity contribution >= 4 is 6.21 Å². The van der Waals surface area contributed by atoms with Crippen molar-refractivity contribution in [3.8, 4) is 5.75 Å². The highest BCUT2D eigenvalue weighted by Crippen LogP contribution is 2.14. The number of hydroxylamine groups is 1. The first kappa shape index (κ1) is 11.6. The maximum absolute atomic E-state index is 11.6. The Morgan fingerprint density at radius 2 is 2.13 bits per heavy atom. The van der Waals surface area contributed by atoms with Crippen molar-refractivity contribution < 1.29 is 9.48 Å². The van der Waals surface area contributed by atoms with E-state index in [1.54, 1.807) is 13.3 Å². The van der Waals surface area contributed by atoms with Crippen LogP contribution in [0, 0.1) is 5.21 Å². The van der Waals surface area contributed by atoms with E-state index in [9.17, 15) is 5.21 Å². The van der Waals surface area contributed by atoms with E-state index in [1.165, 1.54) is 0 Å². The molecule has 1 aromatic rings. The van der Waals surface area contributed by atoms with Crippen LogP contribution in [0.25, 0.3) is 0 Å². The Morgan fingerprint density at radius 3 is 2.73 bits per heavy atom. The Morgan fingerprint density at radius 1 is 1.47 bits per heavy atom. The summed E-state index contributed by atoms with van der Waals surface area (Å²) in [5.74, 6) is 0.724. The van der Waals surface area contributed by atoms with Crippen molar-refractivity contribution in [3.63, 3.8) is 0 Å². The van der Waals surface area contributed by atoms with Gasteiger partial charge in [-0.05, 0) is 19.1 Å². The average molecular weight is 207 g/mol. The minimum absolute atomic E-state index is 0.00471. The molecule has 0 aliphatic heterocycles. The molecule has 0 radical (unpaired) electrons. The Balaban J connectivity index is 2.96. The summed E-state index contributed by atoms with van der Waals surface area (Å²) in [7, 11) is 1.60. The molecule has 0 amide bonds. The summed E-state index contributed by atoms with van der Waals surface area (Å²) in [6, 6.07) is 7.48. The predicted molar refractivity (Wildman–Crippen MR) is 61.5 cm³/mol. The number of methoxy groups -OCH3 is 1. The molecule has 0 N–H and O–H groups in total. The zero-order chi connectivity index (χ0) is 11.3. The van der Waals surface area contributed by atoms with E-state index in [0.29, 0.717) is 0 Å². The fraction of sp³-hybridized carbons (Fsp3) is 0.417. The zero-order valence-electron chi connectivity index (χ0n) is 9.43. The first-order chi connectivity index (χ1) is 7.19. The standard InChI is InChI=1S/C12H17NO2/c1-4-10(2)13(14)9-11-7-5-6-8-12(11)15-3/h5-10H,4H2,1-3H3/b13-9-. The highest BCUT2D eigenvalue weighted by Gasteiger charge is 2.07. The van der Waals surface area contributed by atoms with Gasteiger partial charge >= 0.3 is 0 Å². The maximum Gasteiger partial charge on any atom is 0.185 e. The number of para-hydroxylation sites is 1. The monoisotopic (exact) mass is 207 g/mol. The maximum atomic E-state index is 11.6. The van der Waals surface area contributed by atoms with Crippen LogP contribution < -0.4 is 4.74 Å². The van der Waals surface area contributed by atoms with Gasteiger partial charge in [-0.2, -0.15) is 0 Å². The highest BCUT2D eigenvalue weighted by molar-refractivity contribution is 5.80. The van der Waals surface area contributed by atoms with E-state index in [0.717, 1.165) is 22.5 Å². The van der Waals surface area contributed by atoms with Gasteiger partial charge in [0, 0.05) is 6.42 Å². The minimum atomic E-state index is -0.00471. The largest absolute Gasteiger partial charge is 0.624 e. The average Bonchev–Trinajstić information content (AvgIpc) is 2.28. The molecule has 1 aromatic carbocycles. The molecule has 1 unspecified atom stereocenters. The van der Waals surface area contributed by atoms with Crippen LogP contribution in [0.1, 0.15) is 25.8 Å². The molecule has 3 heteroatoms. The quantitative estimate of drug-likeness (QED) is 0.329. The number of nitrogens with zero attached hydrogens (tertiary/aromatic N) is 1. The summed E-state index contributed by atoms with van der Waals surface area (Å²) in [6.07, 6.45) is 2.40. The SMILES string of the molecule is CCC(C)/[N+]([O-])=C/c1ccccc1OC. The van der Waals surface area contributed by atoms with Crippen molar-refractivity contribution in [1.29, 1.82) is 0 Å². The lowest BCUT2D eigenvalue weighted by atomic mass is 10.2. The van der Waals surface area contributed by atoms with Crippen LogP contribution in [-0.2, 0) is 0 Å². The van der Waals surface area contributed by atoms with Crippen LogP contribution in [0.3, 0.4) is 0 Å². The number of ether oxygens (including phenoxy) is 1. The third-order valence-corrected chi connectivity index (χ3v) is 2.43. The van der Waals surface area contributed by atoms with Crippen molar-refractivity contribution in [3.05, 3.63) is 35.0 Å². The van der Waals surface area contributed by atoms with Gasteiger partial charge in [-0.25, -0.2) is 4.74 Å². The second-order valence-electron chi connectivity index (χ2n) is 3.49. The molecule has 0 aliphatic carbocycles. The van der Waals surface area contributed by atoms with Gasteiger partial charge in [0.25, 0.3) is 0 Å². The molecule has 0 heterocycles. The second-order valence-corrected chi connectivity index (χ2v) is 3.49. The predicted octanol–water partition coefficient (Wildman–Crippen LogP) is 2.42. The van der Waals surface area contributed by atoms with Gasteiger partial charge in [0.05, 0.1) is 12.7 Å². The number of hydrogen-bond donors (Lipinski definition) is 0. The third-order valence-electron chi connectivity index (χ3n) is 2.43. The van der Waals surface area contributed by atoms with E-state index in [2.05, 4.69) is 0 Å². The van der Waals surface area contributed by atoms with Crippen LogP contribution in [0.15, 0.2) is 24.3 Å². The first-order valence-electron chi connectivity index (χ1n) is 5.12. The summed E-state index contributed by atoms with van der Waals surface area (Å²) in [6.45, 7) is 3.89. The first-order valence-corrected chi connectivity index (χ1v) is 5.12. The molecule has 82 valence electrons. The Bertz CT molecular complexity index is 347. The third kappa shape index (κ3) is 2.98. The molecule has 0 aliphatic rings. The Hall–Kier alpha value is -1.51. The van der Waals surface area contributed by atoms with E-state index >= 15 is 0 Å². The fourth-order valence-corrected chi connectivity index (χ4v) is 1.22. The van der Waals surface area contributed by atoms with Gasteiger partial charge in [-0.3, -0.25) is 0 Å². The molecule has 0 saturated carbocycles. The molecule has 15 heavy (non-hydrogen) atoms. The van der Waals surface area contributed by atoms with Gasteiger partial charge in [0.15, 0.2) is 12.3 Å². The van der Waals surface area contributed by atoms with Crippen molar-refractivity contribution in [2.75, 3.05) is 7.11 Å². The van der Waals surface area contributed by atoms with Gasteiger partial charge in [0.2, 0.25) is 0 Å². The van der Waals surface area contributed by atoms with Gasteiger partial charge in [0.1, 0.15) is 5.75 Å². The topological polar surface area (TPSA) is 35.3 Å². The van der Waals surface area contributed by atoms with Gasteiger partial charge < -0.3 is 9.94 Å². The summed E-state index contributed by atoms with van der Waals surface area (Å²) in [5.41, 5.74) is 0.815. The van der Waals surface area contributed by atoms with Crippen LogP contribution in [0.5, 0.6) is 5.75 Å². The van der Waals surface area contributed by atoms with Crippen molar-refractivity contribution in [1.82, 2.24) is 0 Å². The molecular weight excluding hydrogens is 190 g/mol. The van der Waals surface area contributed by atoms with Gasteiger partial charge in [-0.1, -0.05) is 19.1 Å². The fourth-order valence-electron chi connectivity index (χ4n) is 1.22. The van der Waals surface area contributed by atoms with Crippen molar-refractivity contribution in [2.45, 2.75) is 26.3 Å². The van der Waals surface area contributed by atoms with E-state index in [-0.39, 0.29) is 6.04 Å². The van der Waals surface area contributed by atoms with Crippen LogP contribution in [-0.4, -0.2) is 24.1 Å². The second kappa shape index (κ2) is 5.39. The minimum Gasteiger partial charge on any atom is -0.624 e. The molecule has 3 nitrogen and oxygen atoms in total. The zero-order valence-corrected chi connectivity index (χ0v) is 9.43. The lowest BCUT2D eigenvalue weighted by Crippen LogP contribution is -2.18. The smallest absolute Gasteiger partial charge is 0.185 e. The summed E-state index contributed by atoms with van der Waals surface area (Å²) >= 11 is 0. The van der Waals surface area contributed by atoms with Gasteiger partial charge in [-0.15, -0.1) is 0 Å². The van der Waals surface area contributed by atoms with E-state index in [4.69, 9.17) is 4.74 Å². The molecule has 0 fully saturated rings.